The van der Waals surface area contributed by atoms with Crippen LogP contribution >= 0.6 is 0 Å². The number of nitrogens with zero attached hydrogens (tertiary/aromatic N) is 1. The monoisotopic (exact) mass is 288 g/mol. The Morgan fingerprint density at radius 1 is 1.19 bits per heavy atom. The molecule has 0 amide bonds. The molecular formula is C17H24N2O2. The maximum Gasteiger partial charge on any atom is 0.119 e. The van der Waals surface area contributed by atoms with Crippen molar-refractivity contribution in [3.63, 3.8) is 0 Å². The van der Waals surface area contributed by atoms with Crippen molar-refractivity contribution in [3.05, 3.63) is 54.0 Å². The van der Waals surface area contributed by atoms with Gasteiger partial charge in [-0.05, 0) is 42.8 Å². The van der Waals surface area contributed by atoms with E-state index in [0.29, 0.717) is 6.54 Å². The molecule has 4 nitrogen and oxygen atoms in total. The fourth-order valence-electron chi connectivity index (χ4n) is 2.17. The van der Waals surface area contributed by atoms with Gasteiger partial charge in [0.25, 0.3) is 0 Å². The van der Waals surface area contributed by atoms with Gasteiger partial charge < -0.3 is 14.9 Å². The van der Waals surface area contributed by atoms with Gasteiger partial charge in [0.05, 0.1) is 19.4 Å². The molecule has 0 aliphatic carbocycles. The van der Waals surface area contributed by atoms with Crippen LogP contribution in [0.3, 0.4) is 0 Å². The van der Waals surface area contributed by atoms with E-state index < -0.39 is 0 Å². The average Bonchev–Trinajstić information content (AvgIpc) is 3.04. The van der Waals surface area contributed by atoms with E-state index in [2.05, 4.69) is 11.8 Å². The highest BCUT2D eigenvalue weighted by molar-refractivity contribution is 5.26. The van der Waals surface area contributed by atoms with Crippen molar-refractivity contribution in [2.45, 2.75) is 26.4 Å². The Morgan fingerprint density at radius 2 is 2.00 bits per heavy atom. The first-order chi connectivity index (χ1) is 10.3. The number of hydrogen-bond acceptors (Lipinski definition) is 4. The Labute approximate surface area is 126 Å². The average molecular weight is 288 g/mol. The zero-order chi connectivity index (χ0) is 14.9. The van der Waals surface area contributed by atoms with E-state index in [-0.39, 0.29) is 0 Å². The summed E-state index contributed by atoms with van der Waals surface area (Å²) in [5, 5.41) is 0. The van der Waals surface area contributed by atoms with Crippen molar-refractivity contribution in [2.24, 2.45) is 5.73 Å². The predicted octanol–water partition coefficient (Wildman–Crippen LogP) is 3.03. The first-order valence-corrected chi connectivity index (χ1v) is 7.48. The molecule has 0 aliphatic rings. The highest BCUT2D eigenvalue weighted by Gasteiger charge is 2.05. The summed E-state index contributed by atoms with van der Waals surface area (Å²) in [6.07, 6.45) is 2.71. The maximum atomic E-state index is 5.74. The smallest absolute Gasteiger partial charge is 0.119 e. The largest absolute Gasteiger partial charge is 0.494 e. The summed E-state index contributed by atoms with van der Waals surface area (Å²) in [5.41, 5.74) is 6.69. The van der Waals surface area contributed by atoms with Gasteiger partial charge in [-0.15, -0.1) is 0 Å². The summed E-state index contributed by atoms with van der Waals surface area (Å²) in [7, 11) is 0. The second-order valence-electron chi connectivity index (χ2n) is 5.00. The van der Waals surface area contributed by atoms with Crippen LogP contribution in [0.25, 0.3) is 0 Å². The van der Waals surface area contributed by atoms with Crippen molar-refractivity contribution in [1.82, 2.24) is 4.90 Å². The first kappa shape index (κ1) is 15.6. The molecule has 1 heterocycles. The lowest BCUT2D eigenvalue weighted by Crippen LogP contribution is -2.25. The third-order valence-corrected chi connectivity index (χ3v) is 3.45. The van der Waals surface area contributed by atoms with E-state index >= 15 is 0 Å². The van der Waals surface area contributed by atoms with Gasteiger partial charge in [0.15, 0.2) is 0 Å². The molecule has 1 aromatic carbocycles. The summed E-state index contributed by atoms with van der Waals surface area (Å²) in [6.45, 7) is 6.31. The SMILES string of the molecule is CCN(CCCOc1ccc(CN)cc1)Cc1ccco1. The van der Waals surface area contributed by atoms with Gasteiger partial charge in [-0.25, -0.2) is 0 Å². The van der Waals surface area contributed by atoms with E-state index in [1.807, 2.05) is 36.4 Å². The topological polar surface area (TPSA) is 51.6 Å². The van der Waals surface area contributed by atoms with Crippen molar-refractivity contribution in [1.29, 1.82) is 0 Å². The van der Waals surface area contributed by atoms with Crippen molar-refractivity contribution < 1.29 is 9.15 Å². The molecule has 2 N–H and O–H groups in total. The Morgan fingerprint density at radius 3 is 2.62 bits per heavy atom. The molecule has 0 aliphatic heterocycles. The number of hydrogen-bond donors (Lipinski definition) is 1. The summed E-state index contributed by atoms with van der Waals surface area (Å²) >= 11 is 0. The molecule has 21 heavy (non-hydrogen) atoms. The van der Waals surface area contributed by atoms with Gasteiger partial charge in [-0.1, -0.05) is 19.1 Å². The van der Waals surface area contributed by atoms with Crippen LogP contribution in [0.15, 0.2) is 47.1 Å². The summed E-state index contributed by atoms with van der Waals surface area (Å²) < 4.78 is 11.1. The fourth-order valence-corrected chi connectivity index (χ4v) is 2.17. The predicted molar refractivity (Wildman–Crippen MR) is 84.1 cm³/mol. The van der Waals surface area contributed by atoms with Crippen LogP contribution in [0, 0.1) is 0 Å². The Hall–Kier alpha value is -1.78. The minimum absolute atomic E-state index is 0.568. The molecular weight excluding hydrogens is 264 g/mol. The van der Waals surface area contributed by atoms with E-state index in [4.69, 9.17) is 14.9 Å². The van der Waals surface area contributed by atoms with Crippen molar-refractivity contribution in [3.8, 4) is 5.75 Å². The van der Waals surface area contributed by atoms with E-state index in [1.165, 1.54) is 0 Å². The number of ether oxygens (including phenoxy) is 1. The number of rotatable bonds is 9. The quantitative estimate of drug-likeness (QED) is 0.721. The van der Waals surface area contributed by atoms with Crippen LogP contribution in [0.1, 0.15) is 24.7 Å². The molecule has 0 bridgehead atoms. The molecule has 1 aromatic heterocycles. The molecule has 0 fully saturated rings. The highest BCUT2D eigenvalue weighted by atomic mass is 16.5. The Balaban J connectivity index is 1.67. The lowest BCUT2D eigenvalue weighted by Gasteiger charge is -2.19. The van der Waals surface area contributed by atoms with Gasteiger partial charge in [0.1, 0.15) is 11.5 Å². The summed E-state index contributed by atoms with van der Waals surface area (Å²) in [5.74, 6) is 1.91. The highest BCUT2D eigenvalue weighted by Crippen LogP contribution is 2.12. The van der Waals surface area contributed by atoms with Crippen LogP contribution in [-0.2, 0) is 13.1 Å². The van der Waals surface area contributed by atoms with Gasteiger partial charge >= 0.3 is 0 Å². The first-order valence-electron chi connectivity index (χ1n) is 7.48. The number of furan rings is 1. The summed E-state index contributed by atoms with van der Waals surface area (Å²) in [6, 6.07) is 11.9. The van der Waals surface area contributed by atoms with Crippen molar-refractivity contribution >= 4 is 0 Å². The van der Waals surface area contributed by atoms with Gasteiger partial charge in [-0.3, -0.25) is 4.90 Å². The minimum atomic E-state index is 0.568. The van der Waals surface area contributed by atoms with Crippen LogP contribution in [-0.4, -0.2) is 24.6 Å². The molecule has 2 rings (SSSR count). The molecule has 114 valence electrons. The molecule has 0 atom stereocenters. The van der Waals surface area contributed by atoms with Crippen LogP contribution < -0.4 is 10.5 Å². The van der Waals surface area contributed by atoms with Crippen LogP contribution in [0.4, 0.5) is 0 Å². The molecule has 0 unspecified atom stereocenters. The van der Waals surface area contributed by atoms with Gasteiger partial charge in [-0.2, -0.15) is 0 Å². The zero-order valence-corrected chi connectivity index (χ0v) is 12.6. The Kier molecular flexibility index (Phi) is 6.31. The van der Waals surface area contributed by atoms with E-state index in [9.17, 15) is 0 Å². The second kappa shape index (κ2) is 8.49. The third kappa shape index (κ3) is 5.25. The molecule has 0 spiro atoms. The van der Waals surface area contributed by atoms with E-state index in [1.54, 1.807) is 6.26 Å². The fraction of sp³-hybridized carbons (Fsp3) is 0.412. The van der Waals surface area contributed by atoms with Crippen LogP contribution in [0.5, 0.6) is 5.75 Å². The van der Waals surface area contributed by atoms with Crippen LogP contribution in [0.2, 0.25) is 0 Å². The molecule has 0 saturated heterocycles. The van der Waals surface area contributed by atoms with E-state index in [0.717, 1.165) is 49.7 Å². The number of nitrogens with two attached hydrogens (primary N) is 1. The second-order valence-corrected chi connectivity index (χ2v) is 5.00. The maximum absolute atomic E-state index is 5.74. The van der Waals surface area contributed by atoms with Crippen molar-refractivity contribution in [2.75, 3.05) is 19.7 Å². The molecule has 4 heteroatoms. The van der Waals surface area contributed by atoms with Gasteiger partial charge in [0, 0.05) is 13.1 Å². The lowest BCUT2D eigenvalue weighted by molar-refractivity contribution is 0.223. The lowest BCUT2D eigenvalue weighted by atomic mass is 10.2. The minimum Gasteiger partial charge on any atom is -0.494 e. The standard InChI is InChI=1S/C17H24N2O2/c1-2-19(14-17-5-3-11-21-17)10-4-12-20-16-8-6-15(13-18)7-9-16/h3,5-9,11H,2,4,10,12-14,18H2,1H3. The summed E-state index contributed by atoms with van der Waals surface area (Å²) in [4.78, 5) is 2.35. The normalized spacial score (nSPS) is 11.0. The zero-order valence-electron chi connectivity index (χ0n) is 12.6. The number of benzene rings is 1. The molecule has 0 radical (unpaired) electrons. The molecule has 2 aromatic rings. The third-order valence-electron chi connectivity index (χ3n) is 3.45. The molecule has 0 saturated carbocycles. The Bertz CT molecular complexity index is 494. The van der Waals surface area contributed by atoms with Gasteiger partial charge in [0.2, 0.25) is 0 Å².